The van der Waals surface area contributed by atoms with Gasteiger partial charge in [0.25, 0.3) is 5.91 Å². The van der Waals surface area contributed by atoms with Crippen LogP contribution in [0.2, 0.25) is 10.0 Å². The fourth-order valence-electron chi connectivity index (χ4n) is 2.81. The molecule has 4 aromatic rings. The van der Waals surface area contributed by atoms with E-state index in [1.54, 1.807) is 41.5 Å². The number of hydrogen-bond acceptors (Lipinski definition) is 4. The van der Waals surface area contributed by atoms with Crippen LogP contribution < -0.4 is 10.1 Å². The van der Waals surface area contributed by atoms with E-state index in [1.807, 2.05) is 30.3 Å². The average Bonchev–Trinajstić information content (AvgIpc) is 3.37. The number of rotatable bonds is 7. The summed E-state index contributed by atoms with van der Waals surface area (Å²) in [5.74, 6) is 0.182. The molecule has 0 aliphatic rings. The van der Waals surface area contributed by atoms with Crippen LogP contribution in [0.15, 0.2) is 71.6 Å². The van der Waals surface area contributed by atoms with E-state index in [4.69, 9.17) is 27.9 Å². The molecule has 0 aliphatic carbocycles. The van der Waals surface area contributed by atoms with Crippen LogP contribution in [0.4, 0.5) is 5.69 Å². The van der Waals surface area contributed by atoms with Gasteiger partial charge in [0.2, 0.25) is 0 Å². The van der Waals surface area contributed by atoms with Crippen LogP contribution in [-0.4, -0.2) is 25.5 Å². The molecule has 31 heavy (non-hydrogen) atoms. The lowest BCUT2D eigenvalue weighted by Crippen LogP contribution is -2.14. The summed E-state index contributed by atoms with van der Waals surface area (Å²) >= 11 is 15.5. The van der Waals surface area contributed by atoms with Gasteiger partial charge in [-0.25, -0.2) is 4.68 Å². The van der Waals surface area contributed by atoms with E-state index in [9.17, 15) is 4.79 Å². The van der Waals surface area contributed by atoms with Gasteiger partial charge in [-0.1, -0.05) is 51.3 Å². The van der Waals surface area contributed by atoms with Crippen LogP contribution in [-0.2, 0) is 13.3 Å². The van der Waals surface area contributed by atoms with E-state index in [2.05, 4.69) is 31.4 Å². The summed E-state index contributed by atoms with van der Waals surface area (Å²) in [5, 5.41) is 12.4. The van der Waals surface area contributed by atoms with E-state index in [1.165, 1.54) is 4.68 Å². The SMILES string of the molecule is O=C(Nc1cnn(Cc2cccc(Cl)c2)c1)c1ccn(COc2ccc(Br)cc2Cl)n1. The van der Waals surface area contributed by atoms with E-state index < -0.39 is 0 Å². The highest BCUT2D eigenvalue weighted by molar-refractivity contribution is 9.10. The third-order valence-electron chi connectivity index (χ3n) is 4.24. The number of benzene rings is 2. The lowest BCUT2D eigenvalue weighted by Gasteiger charge is -2.08. The molecular weight excluding hydrogens is 505 g/mol. The van der Waals surface area contributed by atoms with Crippen molar-refractivity contribution >= 4 is 50.7 Å². The predicted molar refractivity (Wildman–Crippen MR) is 123 cm³/mol. The van der Waals surface area contributed by atoms with Crippen LogP contribution in [0.3, 0.4) is 0 Å². The Labute approximate surface area is 196 Å². The van der Waals surface area contributed by atoms with Crippen LogP contribution in [0.25, 0.3) is 0 Å². The molecule has 1 N–H and O–H groups in total. The second kappa shape index (κ2) is 9.55. The summed E-state index contributed by atoms with van der Waals surface area (Å²) in [6.07, 6.45) is 4.98. The van der Waals surface area contributed by atoms with Crippen molar-refractivity contribution in [1.82, 2.24) is 19.6 Å². The van der Waals surface area contributed by atoms with Crippen LogP contribution >= 0.6 is 39.1 Å². The normalized spacial score (nSPS) is 10.8. The number of nitrogens with one attached hydrogen (secondary N) is 1. The van der Waals surface area contributed by atoms with Crippen molar-refractivity contribution in [2.24, 2.45) is 0 Å². The quantitative estimate of drug-likeness (QED) is 0.350. The van der Waals surface area contributed by atoms with Crippen molar-refractivity contribution < 1.29 is 9.53 Å². The molecule has 2 aromatic heterocycles. The van der Waals surface area contributed by atoms with Gasteiger partial charge in [0.1, 0.15) is 5.75 Å². The maximum Gasteiger partial charge on any atom is 0.276 e. The van der Waals surface area contributed by atoms with E-state index in [0.717, 1.165) is 10.0 Å². The van der Waals surface area contributed by atoms with Crippen LogP contribution in [0, 0.1) is 0 Å². The standard InChI is InChI=1S/C21H16BrCl2N5O2/c22-15-4-5-20(18(24)9-15)31-13-28-7-6-19(27-28)21(30)26-17-10-25-29(12-17)11-14-2-1-3-16(23)8-14/h1-10,12H,11,13H2,(H,26,30). The topological polar surface area (TPSA) is 74.0 Å². The second-order valence-electron chi connectivity index (χ2n) is 6.60. The molecule has 1 amide bonds. The number of anilines is 1. The van der Waals surface area contributed by atoms with Gasteiger partial charge in [-0.2, -0.15) is 10.2 Å². The molecular formula is C21H16BrCl2N5O2. The average molecular weight is 521 g/mol. The minimum atomic E-state index is -0.345. The monoisotopic (exact) mass is 519 g/mol. The highest BCUT2D eigenvalue weighted by Crippen LogP contribution is 2.27. The first-order valence-corrected chi connectivity index (χ1v) is 10.7. The highest BCUT2D eigenvalue weighted by atomic mass is 79.9. The molecule has 0 unspecified atom stereocenters. The zero-order chi connectivity index (χ0) is 21.8. The largest absolute Gasteiger partial charge is 0.470 e. The molecule has 7 nitrogen and oxygen atoms in total. The Hall–Kier alpha value is -2.81. The molecule has 0 bridgehead atoms. The lowest BCUT2D eigenvalue weighted by molar-refractivity contribution is 0.102. The minimum Gasteiger partial charge on any atom is -0.470 e. The molecule has 0 aliphatic heterocycles. The summed E-state index contributed by atoms with van der Waals surface area (Å²) in [7, 11) is 0. The molecule has 0 fully saturated rings. The summed E-state index contributed by atoms with van der Waals surface area (Å²) in [6, 6.07) is 14.5. The van der Waals surface area contributed by atoms with E-state index in [-0.39, 0.29) is 18.3 Å². The highest BCUT2D eigenvalue weighted by Gasteiger charge is 2.12. The van der Waals surface area contributed by atoms with Crippen molar-refractivity contribution in [1.29, 1.82) is 0 Å². The number of carbonyl (C=O) groups excluding carboxylic acids is 1. The van der Waals surface area contributed by atoms with Crippen LogP contribution in [0.5, 0.6) is 5.75 Å². The fourth-order valence-corrected chi connectivity index (χ4v) is 3.76. The fraction of sp³-hybridized carbons (Fsp3) is 0.0952. The smallest absolute Gasteiger partial charge is 0.276 e. The van der Waals surface area contributed by atoms with Crippen molar-refractivity contribution in [2.75, 3.05) is 5.32 Å². The molecule has 158 valence electrons. The Morgan fingerprint density at radius 2 is 2.00 bits per heavy atom. The Balaban J connectivity index is 1.34. The first-order valence-electron chi connectivity index (χ1n) is 9.16. The molecule has 2 aromatic carbocycles. The summed E-state index contributed by atoms with van der Waals surface area (Å²) in [6.45, 7) is 0.660. The zero-order valence-electron chi connectivity index (χ0n) is 16.0. The lowest BCUT2D eigenvalue weighted by atomic mass is 10.2. The number of aromatic nitrogens is 4. The van der Waals surface area contributed by atoms with Crippen LogP contribution in [0.1, 0.15) is 16.1 Å². The molecule has 4 rings (SSSR count). The summed E-state index contributed by atoms with van der Waals surface area (Å²) < 4.78 is 9.74. The third kappa shape index (κ3) is 5.66. The zero-order valence-corrected chi connectivity index (χ0v) is 19.1. The van der Waals surface area contributed by atoms with E-state index >= 15 is 0 Å². The maximum absolute atomic E-state index is 12.5. The Morgan fingerprint density at radius 3 is 2.81 bits per heavy atom. The minimum absolute atomic E-state index is 0.117. The van der Waals surface area contributed by atoms with E-state index in [0.29, 0.717) is 28.0 Å². The van der Waals surface area contributed by atoms with Gasteiger partial charge in [-0.15, -0.1) is 0 Å². The van der Waals surface area contributed by atoms with Gasteiger partial charge >= 0.3 is 0 Å². The molecule has 0 spiro atoms. The number of ether oxygens (including phenoxy) is 1. The molecule has 0 radical (unpaired) electrons. The molecule has 0 saturated heterocycles. The number of hydrogen-bond donors (Lipinski definition) is 1. The van der Waals surface area contributed by atoms with Crippen molar-refractivity contribution in [3.63, 3.8) is 0 Å². The van der Waals surface area contributed by atoms with Gasteiger partial charge in [0.05, 0.1) is 23.5 Å². The van der Waals surface area contributed by atoms with Gasteiger partial charge < -0.3 is 10.1 Å². The number of carbonyl (C=O) groups is 1. The van der Waals surface area contributed by atoms with Crippen molar-refractivity contribution in [3.8, 4) is 5.75 Å². The second-order valence-corrected chi connectivity index (χ2v) is 8.36. The van der Waals surface area contributed by atoms with Crippen molar-refractivity contribution in [2.45, 2.75) is 13.3 Å². The Bertz CT molecular complexity index is 1220. The third-order valence-corrected chi connectivity index (χ3v) is 5.27. The molecule has 0 saturated carbocycles. The molecule has 10 heteroatoms. The molecule has 2 heterocycles. The van der Waals surface area contributed by atoms with Gasteiger partial charge in [-0.05, 0) is 42.0 Å². The maximum atomic E-state index is 12.5. The number of nitrogens with zero attached hydrogens (tertiary/aromatic N) is 4. The number of amides is 1. The van der Waals surface area contributed by atoms with Gasteiger partial charge in [0.15, 0.2) is 12.4 Å². The summed E-state index contributed by atoms with van der Waals surface area (Å²) in [5.41, 5.74) is 1.84. The Kier molecular flexibility index (Phi) is 6.60. The first kappa shape index (κ1) is 21.4. The van der Waals surface area contributed by atoms with Gasteiger partial charge in [0, 0.05) is 21.9 Å². The summed E-state index contributed by atoms with van der Waals surface area (Å²) in [4.78, 5) is 12.5. The predicted octanol–water partition coefficient (Wildman–Crippen LogP) is 5.49. The first-order chi connectivity index (χ1) is 15.0. The Morgan fingerprint density at radius 1 is 1.13 bits per heavy atom. The van der Waals surface area contributed by atoms with Gasteiger partial charge in [-0.3, -0.25) is 9.48 Å². The number of halogens is 3. The van der Waals surface area contributed by atoms with Crippen molar-refractivity contribution in [3.05, 3.63) is 92.9 Å². The molecule has 0 atom stereocenters.